The molecule has 7 heteroatoms. The second-order valence-corrected chi connectivity index (χ2v) is 6.25. The van der Waals surface area contributed by atoms with Gasteiger partial charge in [0.15, 0.2) is 0 Å². The molecule has 3 rings (SSSR count). The largest absolute Gasteiger partial charge is 0.489 e. The number of esters is 1. The number of carbonyl (C=O) groups is 1. The van der Waals surface area contributed by atoms with Crippen LogP contribution in [-0.2, 0) is 16.1 Å². The maximum atomic E-state index is 13.1. The van der Waals surface area contributed by atoms with Gasteiger partial charge < -0.3 is 18.6 Å². The van der Waals surface area contributed by atoms with Gasteiger partial charge in [-0.05, 0) is 37.3 Å². The lowest BCUT2D eigenvalue weighted by molar-refractivity contribution is 0.0388. The number of fused-ring (bicyclic) bond motifs is 1. The predicted molar refractivity (Wildman–Crippen MR) is 98.9 cm³/mol. The number of hydrogen-bond donors (Lipinski definition) is 0. The molecule has 2 aromatic carbocycles. The molecule has 0 aliphatic rings. The normalized spacial score (nSPS) is 11.0. The van der Waals surface area contributed by atoms with Crippen LogP contribution in [0, 0.1) is 12.7 Å². The van der Waals surface area contributed by atoms with E-state index in [1.54, 1.807) is 31.2 Å². The van der Waals surface area contributed by atoms with E-state index < -0.39 is 11.8 Å². The number of carbonyl (C=O) groups excluding carboxylic acids is 1. The lowest BCUT2D eigenvalue weighted by Crippen LogP contribution is -2.10. The van der Waals surface area contributed by atoms with Gasteiger partial charge in [0.1, 0.15) is 41.7 Å². The van der Waals surface area contributed by atoms with E-state index in [2.05, 4.69) is 0 Å². The van der Waals surface area contributed by atoms with Gasteiger partial charge in [-0.15, -0.1) is 0 Å². The van der Waals surface area contributed by atoms with Crippen LogP contribution in [0.1, 0.15) is 21.7 Å². The second kappa shape index (κ2) is 8.41. The molecule has 0 aliphatic carbocycles. The van der Waals surface area contributed by atoms with Crippen LogP contribution in [0.5, 0.6) is 5.75 Å². The van der Waals surface area contributed by atoms with Gasteiger partial charge in [-0.1, -0.05) is 17.7 Å². The molecule has 0 fully saturated rings. The highest BCUT2D eigenvalue weighted by atomic mass is 35.5. The number of aryl methyl sites for hydroxylation is 1. The quantitative estimate of drug-likeness (QED) is 0.422. The summed E-state index contributed by atoms with van der Waals surface area (Å²) in [4.78, 5) is 12.4. The summed E-state index contributed by atoms with van der Waals surface area (Å²) in [6.07, 6.45) is 0. The minimum atomic E-state index is -0.484. The average Bonchev–Trinajstić information content (AvgIpc) is 2.96. The Morgan fingerprint density at radius 1 is 1.19 bits per heavy atom. The molecule has 0 unspecified atom stereocenters. The lowest BCUT2D eigenvalue weighted by Gasteiger charge is -2.08. The van der Waals surface area contributed by atoms with E-state index in [1.165, 1.54) is 19.2 Å². The second-order valence-electron chi connectivity index (χ2n) is 5.84. The average molecular weight is 393 g/mol. The van der Waals surface area contributed by atoms with Gasteiger partial charge in [-0.3, -0.25) is 0 Å². The van der Waals surface area contributed by atoms with E-state index in [4.69, 9.17) is 30.2 Å². The zero-order valence-corrected chi connectivity index (χ0v) is 15.6. The van der Waals surface area contributed by atoms with Crippen LogP contribution >= 0.6 is 11.6 Å². The molecular formula is C20H18ClFO5. The zero-order chi connectivity index (χ0) is 19.4. The maximum Gasteiger partial charge on any atom is 0.342 e. The summed E-state index contributed by atoms with van der Waals surface area (Å²) in [6.45, 7) is 2.33. The third kappa shape index (κ3) is 4.40. The van der Waals surface area contributed by atoms with Crippen molar-refractivity contribution in [3.8, 4) is 5.75 Å². The first-order valence-electron chi connectivity index (χ1n) is 8.25. The standard InChI is InChI=1S/C20H18ClFO5/c1-12-19(20(23)25-8-7-24-2)16-10-15(5-6-18(16)27-12)26-11-13-3-4-14(22)9-17(13)21/h3-6,9-10H,7-8,11H2,1-2H3. The van der Waals surface area contributed by atoms with E-state index in [-0.39, 0.29) is 18.2 Å². The molecule has 1 aromatic heterocycles. The Morgan fingerprint density at radius 3 is 2.74 bits per heavy atom. The van der Waals surface area contributed by atoms with Crippen LogP contribution in [0.25, 0.3) is 11.0 Å². The van der Waals surface area contributed by atoms with Gasteiger partial charge in [0.05, 0.1) is 11.6 Å². The molecule has 0 bridgehead atoms. The van der Waals surface area contributed by atoms with E-state index in [9.17, 15) is 9.18 Å². The predicted octanol–water partition coefficient (Wildman–Crippen LogP) is 4.92. The number of methoxy groups -OCH3 is 1. The first-order valence-corrected chi connectivity index (χ1v) is 8.63. The van der Waals surface area contributed by atoms with Crippen molar-refractivity contribution in [3.63, 3.8) is 0 Å². The molecule has 0 N–H and O–H groups in total. The number of rotatable bonds is 7. The lowest BCUT2D eigenvalue weighted by atomic mass is 10.1. The van der Waals surface area contributed by atoms with Gasteiger partial charge in [0, 0.05) is 18.1 Å². The number of ether oxygens (including phenoxy) is 3. The fourth-order valence-corrected chi connectivity index (χ4v) is 2.85. The molecule has 27 heavy (non-hydrogen) atoms. The zero-order valence-electron chi connectivity index (χ0n) is 14.9. The third-order valence-electron chi connectivity index (χ3n) is 3.97. The van der Waals surface area contributed by atoms with E-state index in [0.717, 1.165) is 0 Å². The molecular weight excluding hydrogens is 375 g/mol. The van der Waals surface area contributed by atoms with Crippen molar-refractivity contribution in [2.45, 2.75) is 13.5 Å². The van der Waals surface area contributed by atoms with Crippen molar-refractivity contribution >= 4 is 28.5 Å². The summed E-state index contributed by atoms with van der Waals surface area (Å²) in [7, 11) is 1.53. The van der Waals surface area contributed by atoms with Gasteiger partial charge in [-0.2, -0.15) is 0 Å². The fraction of sp³-hybridized carbons (Fsp3) is 0.250. The highest BCUT2D eigenvalue weighted by molar-refractivity contribution is 6.31. The van der Waals surface area contributed by atoms with Crippen LogP contribution in [0.3, 0.4) is 0 Å². The van der Waals surface area contributed by atoms with E-state index in [1.807, 2.05) is 0 Å². The van der Waals surface area contributed by atoms with Crippen LogP contribution < -0.4 is 4.74 Å². The maximum absolute atomic E-state index is 13.1. The highest BCUT2D eigenvalue weighted by Crippen LogP contribution is 2.30. The highest BCUT2D eigenvalue weighted by Gasteiger charge is 2.20. The molecule has 3 aromatic rings. The van der Waals surface area contributed by atoms with Crippen molar-refractivity contribution in [1.29, 1.82) is 0 Å². The summed E-state index contributed by atoms with van der Waals surface area (Å²) in [5, 5.41) is 0.885. The number of hydrogen-bond acceptors (Lipinski definition) is 5. The van der Waals surface area contributed by atoms with Crippen molar-refractivity contribution in [3.05, 3.63) is 64.1 Å². The third-order valence-corrected chi connectivity index (χ3v) is 4.32. The van der Waals surface area contributed by atoms with Crippen molar-refractivity contribution in [2.75, 3.05) is 20.3 Å². The Labute approximate surface area is 160 Å². The van der Waals surface area contributed by atoms with Crippen LogP contribution in [0.4, 0.5) is 4.39 Å². The SMILES string of the molecule is COCCOC(=O)c1c(C)oc2ccc(OCc3ccc(F)cc3Cl)cc12. The molecule has 0 atom stereocenters. The smallest absolute Gasteiger partial charge is 0.342 e. The number of furan rings is 1. The van der Waals surface area contributed by atoms with Crippen LogP contribution in [0.15, 0.2) is 40.8 Å². The molecule has 0 spiro atoms. The minimum Gasteiger partial charge on any atom is -0.489 e. The number of benzene rings is 2. The minimum absolute atomic E-state index is 0.153. The van der Waals surface area contributed by atoms with Crippen molar-refractivity contribution < 1.29 is 27.8 Å². The molecule has 0 saturated carbocycles. The van der Waals surface area contributed by atoms with Gasteiger partial charge in [0.25, 0.3) is 0 Å². The summed E-state index contributed by atoms with van der Waals surface area (Å²) in [5.74, 6) is 0.0958. The summed E-state index contributed by atoms with van der Waals surface area (Å²) in [5.41, 5.74) is 1.56. The Kier molecular flexibility index (Phi) is 5.98. The van der Waals surface area contributed by atoms with Gasteiger partial charge in [0.2, 0.25) is 0 Å². The summed E-state index contributed by atoms with van der Waals surface area (Å²) < 4.78 is 34.6. The molecule has 0 amide bonds. The van der Waals surface area contributed by atoms with Crippen LogP contribution in [0.2, 0.25) is 5.02 Å². The first kappa shape index (κ1) is 19.2. The van der Waals surface area contributed by atoms with E-state index in [0.29, 0.717) is 40.2 Å². The summed E-state index contributed by atoms with van der Waals surface area (Å²) >= 11 is 6.01. The Hall–Kier alpha value is -2.57. The van der Waals surface area contributed by atoms with E-state index >= 15 is 0 Å². The van der Waals surface area contributed by atoms with Gasteiger partial charge >= 0.3 is 5.97 Å². The Morgan fingerprint density at radius 2 is 2.00 bits per heavy atom. The Bertz CT molecular complexity index is 966. The molecule has 142 valence electrons. The van der Waals surface area contributed by atoms with Crippen molar-refractivity contribution in [1.82, 2.24) is 0 Å². The molecule has 0 saturated heterocycles. The van der Waals surface area contributed by atoms with Gasteiger partial charge in [-0.25, -0.2) is 9.18 Å². The first-order chi connectivity index (χ1) is 13.0. The topological polar surface area (TPSA) is 57.9 Å². The molecule has 5 nitrogen and oxygen atoms in total. The Balaban J connectivity index is 1.81. The monoisotopic (exact) mass is 392 g/mol. The van der Waals surface area contributed by atoms with Crippen molar-refractivity contribution in [2.24, 2.45) is 0 Å². The fourth-order valence-electron chi connectivity index (χ4n) is 2.63. The van der Waals surface area contributed by atoms with Crippen LogP contribution in [-0.4, -0.2) is 26.3 Å². The molecule has 0 radical (unpaired) electrons. The summed E-state index contributed by atoms with van der Waals surface area (Å²) in [6, 6.07) is 9.27. The number of halogens is 2. The molecule has 1 heterocycles. The molecule has 0 aliphatic heterocycles.